The summed E-state index contributed by atoms with van der Waals surface area (Å²) in [5, 5.41) is 9.61. The number of carbonyl (C=O) groups is 1. The van der Waals surface area contributed by atoms with E-state index in [2.05, 4.69) is 23.8 Å². The predicted molar refractivity (Wildman–Crippen MR) is 69.3 cm³/mol. The molecule has 0 saturated carbocycles. The molecule has 100 valence electrons. The smallest absolute Gasteiger partial charge is 0.324 e. The molecule has 1 aliphatic rings. The lowest BCUT2D eigenvalue weighted by atomic mass is 9.87. The molecule has 4 nitrogen and oxygen atoms in total. The highest BCUT2D eigenvalue weighted by Gasteiger charge is 2.42. The van der Waals surface area contributed by atoms with E-state index in [0.29, 0.717) is 6.42 Å². The molecule has 1 unspecified atom stereocenters. The summed E-state index contributed by atoms with van der Waals surface area (Å²) in [4.78, 5) is 16.1. The minimum absolute atomic E-state index is 0.628. The third kappa shape index (κ3) is 3.19. The Balaban J connectivity index is 2.77. The van der Waals surface area contributed by atoms with Crippen LogP contribution in [0.2, 0.25) is 0 Å². The summed E-state index contributed by atoms with van der Waals surface area (Å²) < 4.78 is 0. The van der Waals surface area contributed by atoms with Crippen molar-refractivity contribution >= 4 is 5.97 Å². The van der Waals surface area contributed by atoms with E-state index in [9.17, 15) is 9.90 Å². The van der Waals surface area contributed by atoms with Gasteiger partial charge in [0, 0.05) is 26.2 Å². The van der Waals surface area contributed by atoms with Crippen molar-refractivity contribution in [3.05, 3.63) is 0 Å². The van der Waals surface area contributed by atoms with E-state index in [0.717, 1.165) is 45.4 Å². The lowest BCUT2D eigenvalue weighted by Gasteiger charge is -2.44. The molecule has 1 heterocycles. The average molecular weight is 242 g/mol. The number of hydrogen-bond acceptors (Lipinski definition) is 3. The van der Waals surface area contributed by atoms with Crippen LogP contribution in [0.3, 0.4) is 0 Å². The van der Waals surface area contributed by atoms with Gasteiger partial charge in [-0.2, -0.15) is 0 Å². The fraction of sp³-hybridized carbons (Fsp3) is 0.923. The molecule has 1 aliphatic heterocycles. The number of likely N-dealkylation sites (N-methyl/N-ethyl adjacent to an activating group) is 1. The van der Waals surface area contributed by atoms with Gasteiger partial charge in [-0.25, -0.2) is 0 Å². The maximum Gasteiger partial charge on any atom is 0.324 e. The normalized spacial score (nSPS) is 22.3. The van der Waals surface area contributed by atoms with Crippen LogP contribution in [-0.2, 0) is 4.79 Å². The van der Waals surface area contributed by atoms with E-state index in [1.54, 1.807) is 0 Å². The Morgan fingerprint density at radius 1 is 1.24 bits per heavy atom. The maximum atomic E-state index is 11.7. The van der Waals surface area contributed by atoms with Crippen molar-refractivity contribution in [3.63, 3.8) is 0 Å². The third-order valence-electron chi connectivity index (χ3n) is 4.04. The second-order valence-corrected chi connectivity index (χ2v) is 5.08. The van der Waals surface area contributed by atoms with Crippen molar-refractivity contribution in [3.8, 4) is 0 Å². The third-order valence-corrected chi connectivity index (χ3v) is 4.04. The molecule has 0 amide bonds. The average Bonchev–Trinajstić information content (AvgIpc) is 2.32. The first kappa shape index (κ1) is 14.5. The maximum absolute atomic E-state index is 11.7. The predicted octanol–water partition coefficient (Wildman–Crippen LogP) is 1.66. The number of carboxylic acids is 1. The summed E-state index contributed by atoms with van der Waals surface area (Å²) in [6, 6.07) is 0. The van der Waals surface area contributed by atoms with Gasteiger partial charge in [0.2, 0.25) is 0 Å². The van der Waals surface area contributed by atoms with Crippen molar-refractivity contribution in [2.24, 2.45) is 0 Å². The van der Waals surface area contributed by atoms with Crippen LogP contribution in [0, 0.1) is 0 Å². The number of piperazine rings is 1. The first-order valence-corrected chi connectivity index (χ1v) is 6.73. The van der Waals surface area contributed by atoms with Crippen LogP contribution in [0.4, 0.5) is 0 Å². The summed E-state index contributed by atoms with van der Waals surface area (Å²) in [6.45, 7) is 7.82. The van der Waals surface area contributed by atoms with E-state index in [1.807, 2.05) is 6.92 Å². The van der Waals surface area contributed by atoms with Crippen LogP contribution in [0.15, 0.2) is 0 Å². The topological polar surface area (TPSA) is 43.8 Å². The Morgan fingerprint density at radius 2 is 1.82 bits per heavy atom. The highest BCUT2D eigenvalue weighted by Crippen LogP contribution is 2.28. The van der Waals surface area contributed by atoms with Gasteiger partial charge in [0.25, 0.3) is 0 Å². The highest BCUT2D eigenvalue weighted by atomic mass is 16.4. The van der Waals surface area contributed by atoms with Crippen molar-refractivity contribution < 1.29 is 9.90 Å². The van der Waals surface area contributed by atoms with E-state index >= 15 is 0 Å². The Bertz CT molecular complexity index is 250. The van der Waals surface area contributed by atoms with Gasteiger partial charge in [-0.05, 0) is 19.9 Å². The van der Waals surface area contributed by atoms with Crippen LogP contribution in [0.1, 0.15) is 39.5 Å². The zero-order chi connectivity index (χ0) is 12.9. The molecule has 1 fully saturated rings. The Hall–Kier alpha value is -0.610. The molecule has 0 spiro atoms. The number of rotatable bonds is 6. The lowest BCUT2D eigenvalue weighted by molar-refractivity contribution is -0.154. The molecule has 1 rings (SSSR count). The standard InChI is InChI=1S/C13H26N2O2/c1-4-6-7-13(5-2,12(16)17)15-10-8-14(3)9-11-15/h4-11H2,1-3H3,(H,16,17). The highest BCUT2D eigenvalue weighted by molar-refractivity contribution is 5.78. The summed E-state index contributed by atoms with van der Waals surface area (Å²) in [5.41, 5.74) is -0.628. The quantitative estimate of drug-likeness (QED) is 0.769. The zero-order valence-electron chi connectivity index (χ0n) is 11.4. The molecule has 0 radical (unpaired) electrons. The van der Waals surface area contributed by atoms with Gasteiger partial charge in [-0.15, -0.1) is 0 Å². The van der Waals surface area contributed by atoms with Crippen molar-refractivity contribution in [2.75, 3.05) is 33.2 Å². The van der Waals surface area contributed by atoms with Gasteiger partial charge in [0.05, 0.1) is 0 Å². The first-order chi connectivity index (χ1) is 8.06. The SMILES string of the molecule is CCCCC(CC)(C(=O)O)N1CCN(C)CC1. The van der Waals surface area contributed by atoms with E-state index in [-0.39, 0.29) is 0 Å². The molecule has 0 bridgehead atoms. The minimum Gasteiger partial charge on any atom is -0.480 e. The molecular formula is C13H26N2O2. The molecule has 0 aromatic carbocycles. The fourth-order valence-electron chi connectivity index (χ4n) is 2.66. The van der Waals surface area contributed by atoms with Gasteiger partial charge in [0.15, 0.2) is 0 Å². The largest absolute Gasteiger partial charge is 0.480 e. The van der Waals surface area contributed by atoms with Crippen LogP contribution in [0.25, 0.3) is 0 Å². The number of unbranched alkanes of at least 4 members (excludes halogenated alkanes) is 1. The number of aliphatic carboxylic acids is 1. The summed E-state index contributed by atoms with van der Waals surface area (Å²) in [7, 11) is 2.10. The lowest BCUT2D eigenvalue weighted by Crippen LogP contribution is -2.60. The van der Waals surface area contributed by atoms with Crippen LogP contribution < -0.4 is 0 Å². The zero-order valence-corrected chi connectivity index (χ0v) is 11.4. The summed E-state index contributed by atoms with van der Waals surface area (Å²) in [6.07, 6.45) is 3.53. The molecule has 1 N–H and O–H groups in total. The summed E-state index contributed by atoms with van der Waals surface area (Å²) in [5.74, 6) is -0.641. The molecule has 1 saturated heterocycles. The second kappa shape index (κ2) is 6.36. The van der Waals surface area contributed by atoms with Gasteiger partial charge < -0.3 is 10.0 Å². The fourth-order valence-corrected chi connectivity index (χ4v) is 2.66. The molecule has 0 aromatic rings. The molecular weight excluding hydrogens is 216 g/mol. The Labute approximate surface area is 105 Å². The molecule has 1 atom stereocenters. The van der Waals surface area contributed by atoms with Crippen LogP contribution in [0.5, 0.6) is 0 Å². The summed E-state index contributed by atoms with van der Waals surface area (Å²) >= 11 is 0. The second-order valence-electron chi connectivity index (χ2n) is 5.08. The van der Waals surface area contributed by atoms with E-state index in [4.69, 9.17) is 0 Å². The van der Waals surface area contributed by atoms with Gasteiger partial charge in [-0.3, -0.25) is 9.69 Å². The van der Waals surface area contributed by atoms with Gasteiger partial charge >= 0.3 is 5.97 Å². The molecule has 4 heteroatoms. The first-order valence-electron chi connectivity index (χ1n) is 6.73. The van der Waals surface area contributed by atoms with E-state index < -0.39 is 11.5 Å². The Kier molecular flexibility index (Phi) is 5.40. The number of nitrogens with zero attached hydrogens (tertiary/aromatic N) is 2. The monoisotopic (exact) mass is 242 g/mol. The van der Waals surface area contributed by atoms with Crippen molar-refractivity contribution in [2.45, 2.75) is 45.1 Å². The molecule has 0 aliphatic carbocycles. The molecule has 17 heavy (non-hydrogen) atoms. The van der Waals surface area contributed by atoms with Gasteiger partial charge in [-0.1, -0.05) is 26.7 Å². The molecule has 0 aromatic heterocycles. The van der Waals surface area contributed by atoms with Crippen molar-refractivity contribution in [1.82, 2.24) is 9.80 Å². The number of carboxylic acid groups (broad SMARTS) is 1. The van der Waals surface area contributed by atoms with Crippen molar-refractivity contribution in [1.29, 1.82) is 0 Å². The van der Waals surface area contributed by atoms with E-state index in [1.165, 1.54) is 0 Å². The van der Waals surface area contributed by atoms with Crippen LogP contribution in [-0.4, -0.2) is 59.6 Å². The number of hydrogen-bond donors (Lipinski definition) is 1. The minimum atomic E-state index is -0.641. The van der Waals surface area contributed by atoms with Crippen LogP contribution >= 0.6 is 0 Å². The Morgan fingerprint density at radius 3 is 2.24 bits per heavy atom. The van der Waals surface area contributed by atoms with Gasteiger partial charge in [0.1, 0.15) is 5.54 Å².